The second-order valence-electron chi connectivity index (χ2n) is 7.41. The van der Waals surface area contributed by atoms with Crippen LogP contribution in [0, 0.1) is 0 Å². The second-order valence-corrected chi connectivity index (χ2v) is 8.50. The number of aromatic amines is 1. The van der Waals surface area contributed by atoms with E-state index in [-0.39, 0.29) is 36.3 Å². The van der Waals surface area contributed by atoms with Gasteiger partial charge in [0.1, 0.15) is 10.7 Å². The minimum Gasteiger partial charge on any atom is -0.340 e. The first kappa shape index (κ1) is 24.1. The first-order valence-electron chi connectivity index (χ1n) is 9.84. The first-order chi connectivity index (χ1) is 13.2. The molecular weight excluding hydrogens is 433 g/mol. The molecule has 0 bridgehead atoms. The van der Waals surface area contributed by atoms with Crippen LogP contribution in [0.3, 0.4) is 0 Å². The zero-order chi connectivity index (χ0) is 18.8. The van der Waals surface area contributed by atoms with Gasteiger partial charge in [-0.05, 0) is 38.3 Å². The number of hydrogen-bond donors (Lipinski definition) is 2. The summed E-state index contributed by atoms with van der Waals surface area (Å²) < 4.78 is 0. The number of aryl methyl sites for hydroxylation is 2. The van der Waals surface area contributed by atoms with Crippen LogP contribution in [0.15, 0.2) is 4.79 Å². The highest BCUT2D eigenvalue weighted by Crippen LogP contribution is 2.33. The average molecular weight is 462 g/mol. The third-order valence-electron chi connectivity index (χ3n) is 5.56. The van der Waals surface area contributed by atoms with Crippen molar-refractivity contribution < 1.29 is 4.79 Å². The van der Waals surface area contributed by atoms with E-state index in [9.17, 15) is 9.59 Å². The number of piperazine rings is 1. The fourth-order valence-electron chi connectivity index (χ4n) is 4.04. The van der Waals surface area contributed by atoms with E-state index in [0.29, 0.717) is 13.0 Å². The van der Waals surface area contributed by atoms with Gasteiger partial charge in [-0.3, -0.25) is 14.5 Å². The molecule has 2 N–H and O–H groups in total. The monoisotopic (exact) mass is 461 g/mol. The summed E-state index contributed by atoms with van der Waals surface area (Å²) in [5.41, 5.74) is 1.24. The molecule has 0 atom stereocenters. The number of hydrogen-bond acceptors (Lipinski definition) is 6. The molecule has 3 heterocycles. The number of aromatic nitrogens is 2. The van der Waals surface area contributed by atoms with Crippen LogP contribution in [0.5, 0.6) is 0 Å². The number of carbonyl (C=O) groups excluding carboxylic acids is 1. The number of amides is 1. The highest BCUT2D eigenvalue weighted by Gasteiger charge is 2.23. The molecule has 162 valence electrons. The number of thiophene rings is 1. The summed E-state index contributed by atoms with van der Waals surface area (Å²) in [5.74, 6) is 0.946. The normalized spacial score (nSPS) is 16.8. The fraction of sp³-hybridized carbons (Fsp3) is 0.632. The van der Waals surface area contributed by atoms with Gasteiger partial charge in [-0.2, -0.15) is 0 Å². The lowest BCUT2D eigenvalue weighted by molar-refractivity contribution is -0.132. The van der Waals surface area contributed by atoms with Crippen molar-refractivity contribution in [2.45, 2.75) is 38.6 Å². The van der Waals surface area contributed by atoms with Gasteiger partial charge in [0.15, 0.2) is 0 Å². The molecule has 0 radical (unpaired) electrons. The molecule has 2 aromatic heterocycles. The van der Waals surface area contributed by atoms with E-state index in [1.165, 1.54) is 16.9 Å². The van der Waals surface area contributed by atoms with Crippen LogP contribution in [-0.2, 0) is 24.2 Å². The number of rotatable bonds is 5. The molecular formula is C19H29Cl2N5O2S. The van der Waals surface area contributed by atoms with E-state index in [2.05, 4.69) is 15.2 Å². The molecule has 2 aliphatic rings. The minimum absolute atomic E-state index is 0. The van der Waals surface area contributed by atoms with Crippen LogP contribution >= 0.6 is 36.2 Å². The largest absolute Gasteiger partial charge is 0.340 e. The molecule has 1 amide bonds. The molecule has 4 rings (SSSR count). The molecule has 29 heavy (non-hydrogen) atoms. The van der Waals surface area contributed by atoms with Gasteiger partial charge in [-0.1, -0.05) is 0 Å². The Balaban J connectivity index is 0.00000150. The number of H-pyrrole nitrogens is 1. The van der Waals surface area contributed by atoms with Crippen LogP contribution in [0.4, 0.5) is 0 Å². The Bertz CT molecular complexity index is 893. The Labute approximate surface area is 187 Å². The van der Waals surface area contributed by atoms with Gasteiger partial charge in [-0.25, -0.2) is 4.98 Å². The quantitative estimate of drug-likeness (QED) is 0.710. The van der Waals surface area contributed by atoms with Gasteiger partial charge in [-0.15, -0.1) is 36.2 Å². The topological polar surface area (TPSA) is 81.3 Å². The van der Waals surface area contributed by atoms with Gasteiger partial charge in [0.2, 0.25) is 5.91 Å². The predicted octanol–water partition coefficient (Wildman–Crippen LogP) is 1.96. The van der Waals surface area contributed by atoms with E-state index in [0.717, 1.165) is 68.0 Å². The lowest BCUT2D eigenvalue weighted by Gasteiger charge is -2.34. The minimum atomic E-state index is 0. The van der Waals surface area contributed by atoms with Crippen molar-refractivity contribution in [3.8, 4) is 0 Å². The van der Waals surface area contributed by atoms with Crippen LogP contribution in [0.1, 0.15) is 35.5 Å². The molecule has 1 aliphatic heterocycles. The van der Waals surface area contributed by atoms with Crippen molar-refractivity contribution >= 4 is 52.3 Å². The van der Waals surface area contributed by atoms with E-state index in [1.54, 1.807) is 11.3 Å². The molecule has 0 spiro atoms. The summed E-state index contributed by atoms with van der Waals surface area (Å²) in [5, 5.41) is 3.84. The van der Waals surface area contributed by atoms with Crippen molar-refractivity contribution in [3.63, 3.8) is 0 Å². The van der Waals surface area contributed by atoms with Crippen LogP contribution in [0.25, 0.3) is 10.2 Å². The maximum absolute atomic E-state index is 12.6. The maximum atomic E-state index is 12.6. The average Bonchev–Trinajstić information content (AvgIpc) is 3.05. The third kappa shape index (κ3) is 5.30. The molecule has 1 aliphatic carbocycles. The van der Waals surface area contributed by atoms with E-state index < -0.39 is 0 Å². The van der Waals surface area contributed by atoms with Crippen LogP contribution < -0.4 is 10.9 Å². The number of fused-ring (bicyclic) bond motifs is 3. The Morgan fingerprint density at radius 1 is 1.17 bits per heavy atom. The lowest BCUT2D eigenvalue weighted by Crippen LogP contribution is -2.48. The molecule has 0 aromatic carbocycles. The smallest absolute Gasteiger partial charge is 0.259 e. The zero-order valence-corrected chi connectivity index (χ0v) is 19.1. The first-order valence-corrected chi connectivity index (χ1v) is 10.7. The highest BCUT2D eigenvalue weighted by molar-refractivity contribution is 7.18. The summed E-state index contributed by atoms with van der Waals surface area (Å²) in [7, 11) is 1.86. The molecule has 10 heteroatoms. The van der Waals surface area contributed by atoms with E-state index in [1.807, 2.05) is 11.9 Å². The standard InChI is InChI=1S/C19H27N5O2S.2ClH/c1-20-7-6-16(25)24-10-8-23(9-11-24)12-15-21-18(26)17-13-4-2-3-5-14(13)27-19(17)22-15;;/h20H,2-12H2,1H3,(H,21,22,26);2*1H. The summed E-state index contributed by atoms with van der Waals surface area (Å²) in [6.07, 6.45) is 5.00. The van der Waals surface area contributed by atoms with Crippen LogP contribution in [0.2, 0.25) is 0 Å². The summed E-state index contributed by atoms with van der Waals surface area (Å²) in [4.78, 5) is 39.0. The van der Waals surface area contributed by atoms with Crippen molar-refractivity contribution in [3.05, 3.63) is 26.6 Å². The summed E-state index contributed by atoms with van der Waals surface area (Å²) >= 11 is 1.69. The van der Waals surface area contributed by atoms with Crippen molar-refractivity contribution in [2.24, 2.45) is 0 Å². The SMILES string of the molecule is CNCCC(=O)N1CCN(Cc2nc3sc4c(c3c(=O)[nH]2)CCCC4)CC1.Cl.Cl. The maximum Gasteiger partial charge on any atom is 0.259 e. The molecule has 0 unspecified atom stereocenters. The zero-order valence-electron chi connectivity index (χ0n) is 16.7. The van der Waals surface area contributed by atoms with E-state index in [4.69, 9.17) is 4.98 Å². The van der Waals surface area contributed by atoms with Gasteiger partial charge in [0.05, 0.1) is 11.9 Å². The number of nitrogens with zero attached hydrogens (tertiary/aromatic N) is 3. The lowest BCUT2D eigenvalue weighted by atomic mass is 9.97. The number of halogens is 2. The van der Waals surface area contributed by atoms with Gasteiger partial charge in [0.25, 0.3) is 5.56 Å². The van der Waals surface area contributed by atoms with Crippen molar-refractivity contribution in [1.29, 1.82) is 0 Å². The number of carbonyl (C=O) groups is 1. The molecule has 0 saturated carbocycles. The molecule has 7 nitrogen and oxygen atoms in total. The number of nitrogens with one attached hydrogen (secondary N) is 2. The Morgan fingerprint density at radius 2 is 1.90 bits per heavy atom. The summed E-state index contributed by atoms with van der Waals surface area (Å²) in [6, 6.07) is 0. The second kappa shape index (κ2) is 10.7. The Hall–Kier alpha value is -1.19. The fourth-order valence-corrected chi connectivity index (χ4v) is 5.32. The van der Waals surface area contributed by atoms with Gasteiger partial charge in [0, 0.05) is 44.0 Å². The third-order valence-corrected chi connectivity index (χ3v) is 6.75. The highest BCUT2D eigenvalue weighted by atomic mass is 35.5. The van der Waals surface area contributed by atoms with Crippen LogP contribution in [-0.4, -0.2) is 65.4 Å². The van der Waals surface area contributed by atoms with Gasteiger partial charge < -0.3 is 15.2 Å². The van der Waals surface area contributed by atoms with Gasteiger partial charge >= 0.3 is 0 Å². The Kier molecular flexibility index (Phi) is 8.91. The summed E-state index contributed by atoms with van der Waals surface area (Å²) in [6.45, 7) is 4.45. The molecule has 2 aromatic rings. The van der Waals surface area contributed by atoms with E-state index >= 15 is 0 Å². The molecule has 1 saturated heterocycles. The van der Waals surface area contributed by atoms with Crippen molar-refractivity contribution in [1.82, 2.24) is 25.1 Å². The van der Waals surface area contributed by atoms with Crippen molar-refractivity contribution in [2.75, 3.05) is 39.8 Å². The Morgan fingerprint density at radius 3 is 2.62 bits per heavy atom. The molecule has 1 fully saturated rings. The predicted molar refractivity (Wildman–Crippen MR) is 122 cm³/mol.